The van der Waals surface area contributed by atoms with Gasteiger partial charge in [0, 0.05) is 0 Å². The molecule has 2 heterocycles. The first-order valence-corrected chi connectivity index (χ1v) is 3.69. The van der Waals surface area contributed by atoms with E-state index in [1.807, 2.05) is 0 Å². The van der Waals surface area contributed by atoms with Crippen LogP contribution in [-0.4, -0.2) is 10.1 Å². The SMILES string of the molecule is Oc1sc2ncoc2c1Cl. The highest BCUT2D eigenvalue weighted by Crippen LogP contribution is 2.39. The average Bonchev–Trinajstić information content (AvgIpc) is 2.41. The fraction of sp³-hybridized carbons (Fsp3) is 0. The van der Waals surface area contributed by atoms with E-state index in [-0.39, 0.29) is 10.1 Å². The summed E-state index contributed by atoms with van der Waals surface area (Å²) in [5, 5.41) is 9.33. The van der Waals surface area contributed by atoms with Crippen LogP contribution < -0.4 is 0 Å². The van der Waals surface area contributed by atoms with Crippen LogP contribution in [0, 0.1) is 0 Å². The number of fused-ring (bicyclic) bond motifs is 1. The van der Waals surface area contributed by atoms with Crippen molar-refractivity contribution in [1.82, 2.24) is 4.98 Å². The van der Waals surface area contributed by atoms with Gasteiger partial charge in [0.1, 0.15) is 5.02 Å². The minimum atomic E-state index is 0.0588. The summed E-state index contributed by atoms with van der Waals surface area (Å²) in [7, 11) is 0. The van der Waals surface area contributed by atoms with E-state index in [1.165, 1.54) is 6.39 Å². The van der Waals surface area contributed by atoms with Gasteiger partial charge in [0.15, 0.2) is 21.9 Å². The summed E-state index contributed by atoms with van der Waals surface area (Å²) in [6.45, 7) is 0. The predicted molar refractivity (Wildman–Crippen MR) is 38.6 cm³/mol. The Morgan fingerprint density at radius 2 is 2.50 bits per heavy atom. The summed E-state index contributed by atoms with van der Waals surface area (Å²) in [6.07, 6.45) is 1.30. The Kier molecular flexibility index (Phi) is 1.12. The van der Waals surface area contributed by atoms with Crippen molar-refractivity contribution in [2.45, 2.75) is 0 Å². The molecule has 0 bridgehead atoms. The van der Waals surface area contributed by atoms with Gasteiger partial charge in [-0.25, -0.2) is 4.98 Å². The molecule has 0 radical (unpaired) electrons. The summed E-state index contributed by atoms with van der Waals surface area (Å²) in [5.74, 6) is 0. The molecule has 0 saturated carbocycles. The molecule has 2 aromatic heterocycles. The molecule has 2 aromatic rings. The van der Waals surface area contributed by atoms with E-state index in [0.29, 0.717) is 10.4 Å². The summed E-state index contributed by atoms with van der Waals surface area (Å²) < 4.78 is 4.88. The second-order valence-electron chi connectivity index (χ2n) is 1.71. The lowest BCUT2D eigenvalue weighted by atomic mass is 10.6. The molecule has 52 valence electrons. The molecule has 0 aliphatic rings. The smallest absolute Gasteiger partial charge is 0.196 e. The summed E-state index contributed by atoms with van der Waals surface area (Å²) in [5.41, 5.74) is 0.462. The highest BCUT2D eigenvalue weighted by atomic mass is 35.5. The van der Waals surface area contributed by atoms with E-state index in [4.69, 9.17) is 21.1 Å². The quantitative estimate of drug-likeness (QED) is 0.668. The third kappa shape index (κ3) is 0.629. The molecule has 2 rings (SSSR count). The normalized spacial score (nSPS) is 10.9. The maximum absolute atomic E-state index is 9.02. The van der Waals surface area contributed by atoms with E-state index < -0.39 is 0 Å². The summed E-state index contributed by atoms with van der Waals surface area (Å²) in [4.78, 5) is 4.44. The number of aromatic nitrogens is 1. The summed E-state index contributed by atoms with van der Waals surface area (Å²) >= 11 is 6.71. The largest absolute Gasteiger partial charge is 0.498 e. The lowest BCUT2D eigenvalue weighted by molar-refractivity contribution is 0.490. The van der Waals surface area contributed by atoms with Crippen LogP contribution in [0.1, 0.15) is 0 Å². The second-order valence-corrected chi connectivity index (χ2v) is 3.06. The molecule has 1 N–H and O–H groups in total. The van der Waals surface area contributed by atoms with Crippen molar-refractivity contribution in [3.63, 3.8) is 0 Å². The molecule has 5 heteroatoms. The van der Waals surface area contributed by atoms with Crippen LogP contribution in [0.15, 0.2) is 10.8 Å². The van der Waals surface area contributed by atoms with Gasteiger partial charge in [0.2, 0.25) is 0 Å². The highest BCUT2D eigenvalue weighted by Gasteiger charge is 2.12. The number of nitrogens with zero attached hydrogens (tertiary/aromatic N) is 1. The van der Waals surface area contributed by atoms with Crippen LogP contribution in [0.2, 0.25) is 5.02 Å². The number of aromatic hydroxyl groups is 1. The molecule has 0 fully saturated rings. The maximum atomic E-state index is 9.02. The number of hydrogen-bond acceptors (Lipinski definition) is 4. The molecule has 0 aliphatic heterocycles. The Labute approximate surface area is 64.9 Å². The van der Waals surface area contributed by atoms with Crippen LogP contribution in [0.3, 0.4) is 0 Å². The van der Waals surface area contributed by atoms with Crippen LogP contribution in [0.5, 0.6) is 5.06 Å². The van der Waals surface area contributed by atoms with E-state index >= 15 is 0 Å². The number of hydrogen-bond donors (Lipinski definition) is 1. The minimum Gasteiger partial charge on any atom is -0.498 e. The zero-order chi connectivity index (χ0) is 7.14. The molecule has 0 spiro atoms. The van der Waals surface area contributed by atoms with Crippen molar-refractivity contribution in [2.75, 3.05) is 0 Å². The second kappa shape index (κ2) is 1.87. The highest BCUT2D eigenvalue weighted by molar-refractivity contribution is 7.21. The molecular weight excluding hydrogens is 174 g/mol. The monoisotopic (exact) mass is 175 g/mol. The van der Waals surface area contributed by atoms with Crippen molar-refractivity contribution in [1.29, 1.82) is 0 Å². The van der Waals surface area contributed by atoms with Gasteiger partial charge in [-0.2, -0.15) is 0 Å². The minimum absolute atomic E-state index is 0.0588. The average molecular weight is 176 g/mol. The summed E-state index contributed by atoms with van der Waals surface area (Å²) in [6, 6.07) is 0. The maximum Gasteiger partial charge on any atom is 0.196 e. The van der Waals surface area contributed by atoms with Crippen molar-refractivity contribution >= 4 is 33.4 Å². The van der Waals surface area contributed by atoms with Gasteiger partial charge in [-0.3, -0.25) is 0 Å². The zero-order valence-electron chi connectivity index (χ0n) is 4.67. The number of halogens is 1. The standard InChI is InChI=1S/C5H2ClNO2S/c6-2-3-4(7-1-9-3)10-5(2)8/h1,8H. The molecule has 10 heavy (non-hydrogen) atoms. The van der Waals surface area contributed by atoms with Gasteiger partial charge in [-0.1, -0.05) is 22.9 Å². The Morgan fingerprint density at radius 1 is 1.70 bits per heavy atom. The predicted octanol–water partition coefficient (Wildman–Crippen LogP) is 2.25. The van der Waals surface area contributed by atoms with E-state index in [2.05, 4.69) is 4.98 Å². The lowest BCUT2D eigenvalue weighted by Gasteiger charge is -1.79. The van der Waals surface area contributed by atoms with Crippen LogP contribution in [-0.2, 0) is 0 Å². The number of oxazole rings is 1. The van der Waals surface area contributed by atoms with Crippen molar-refractivity contribution in [2.24, 2.45) is 0 Å². The van der Waals surface area contributed by atoms with Crippen molar-refractivity contribution < 1.29 is 9.52 Å². The Bertz CT molecular complexity index is 366. The Morgan fingerprint density at radius 3 is 3.20 bits per heavy atom. The van der Waals surface area contributed by atoms with Gasteiger partial charge in [0.25, 0.3) is 0 Å². The molecule has 0 amide bonds. The van der Waals surface area contributed by atoms with Gasteiger partial charge < -0.3 is 9.52 Å². The third-order valence-corrected chi connectivity index (χ3v) is 2.46. The molecule has 0 saturated heterocycles. The first-order valence-electron chi connectivity index (χ1n) is 2.49. The number of rotatable bonds is 0. The van der Waals surface area contributed by atoms with Crippen LogP contribution in [0.25, 0.3) is 10.4 Å². The van der Waals surface area contributed by atoms with Gasteiger partial charge >= 0.3 is 0 Å². The number of thiophene rings is 1. The zero-order valence-corrected chi connectivity index (χ0v) is 6.24. The van der Waals surface area contributed by atoms with E-state index in [9.17, 15) is 0 Å². The van der Waals surface area contributed by atoms with Gasteiger partial charge in [0.05, 0.1) is 0 Å². The van der Waals surface area contributed by atoms with Crippen molar-refractivity contribution in [3.8, 4) is 5.06 Å². The molecule has 0 unspecified atom stereocenters. The first-order chi connectivity index (χ1) is 4.79. The fourth-order valence-corrected chi connectivity index (χ4v) is 1.70. The van der Waals surface area contributed by atoms with Gasteiger partial charge in [-0.15, -0.1) is 0 Å². The molecule has 0 aromatic carbocycles. The molecule has 3 nitrogen and oxygen atoms in total. The topological polar surface area (TPSA) is 46.3 Å². The first kappa shape index (κ1) is 6.00. The van der Waals surface area contributed by atoms with E-state index in [0.717, 1.165) is 11.3 Å². The third-order valence-electron chi connectivity index (χ3n) is 1.12. The molecular formula is C5H2ClNO2S. The Balaban J connectivity index is 2.95. The van der Waals surface area contributed by atoms with Crippen molar-refractivity contribution in [3.05, 3.63) is 11.4 Å². The van der Waals surface area contributed by atoms with Gasteiger partial charge in [-0.05, 0) is 0 Å². The van der Waals surface area contributed by atoms with Crippen LogP contribution >= 0.6 is 22.9 Å². The lowest BCUT2D eigenvalue weighted by Crippen LogP contribution is -1.51. The Hall–Kier alpha value is -0.740. The van der Waals surface area contributed by atoms with E-state index in [1.54, 1.807) is 0 Å². The molecule has 0 atom stereocenters. The fourth-order valence-electron chi connectivity index (χ4n) is 0.688. The molecule has 0 aliphatic carbocycles. The van der Waals surface area contributed by atoms with Crippen LogP contribution in [0.4, 0.5) is 0 Å².